The predicted molar refractivity (Wildman–Crippen MR) is 112 cm³/mol. The molecule has 0 spiro atoms. The third-order valence-corrected chi connectivity index (χ3v) is 4.96. The maximum absolute atomic E-state index is 6.39. The molecule has 1 heterocycles. The van der Waals surface area contributed by atoms with Crippen LogP contribution in [-0.4, -0.2) is 10.2 Å². The molecule has 0 amide bonds. The number of aryl methyl sites for hydroxylation is 1. The topological polar surface area (TPSA) is 38.9 Å². The molecule has 141 valence electrons. The van der Waals surface area contributed by atoms with Gasteiger partial charge in [0.1, 0.15) is 0 Å². The lowest BCUT2D eigenvalue weighted by molar-refractivity contribution is 0.371. The highest BCUT2D eigenvalue weighted by molar-refractivity contribution is 6.37. The Kier molecular flexibility index (Phi) is 6.15. The van der Waals surface area contributed by atoms with Crippen molar-refractivity contribution >= 4 is 34.8 Å². The molecule has 0 N–H and O–H groups in total. The Bertz CT molecular complexity index is 928. The number of nitrogens with zero attached hydrogens (tertiary/aromatic N) is 2. The highest BCUT2D eigenvalue weighted by Gasteiger charge is 2.21. The lowest BCUT2D eigenvalue weighted by atomic mass is 9.97. The second kappa shape index (κ2) is 8.22. The molecule has 0 aliphatic carbocycles. The summed E-state index contributed by atoms with van der Waals surface area (Å²) < 4.78 is 5.73. The van der Waals surface area contributed by atoms with Crippen molar-refractivity contribution in [3.8, 4) is 11.1 Å². The van der Waals surface area contributed by atoms with Gasteiger partial charge in [0.2, 0.25) is 11.8 Å². The molecular formula is C21H20Cl3N2O. The molecule has 2 aromatic carbocycles. The van der Waals surface area contributed by atoms with E-state index >= 15 is 0 Å². The first-order valence-electron chi connectivity index (χ1n) is 8.65. The first kappa shape index (κ1) is 20.2. The molecule has 0 saturated heterocycles. The van der Waals surface area contributed by atoms with Gasteiger partial charge in [-0.25, -0.2) is 0 Å². The Labute approximate surface area is 174 Å². The van der Waals surface area contributed by atoms with Crippen LogP contribution in [0.1, 0.15) is 44.5 Å². The van der Waals surface area contributed by atoms with Crippen LogP contribution in [0.15, 0.2) is 40.8 Å². The van der Waals surface area contributed by atoms with Crippen molar-refractivity contribution in [2.75, 3.05) is 0 Å². The fourth-order valence-electron chi connectivity index (χ4n) is 2.58. The lowest BCUT2D eigenvalue weighted by Crippen LogP contribution is -2.11. The molecule has 0 unspecified atom stereocenters. The molecule has 3 nitrogen and oxygen atoms in total. The SMILES string of the molecule is CC(C)(C)c1nnc(CC[CH]c2cc(-c3ccc(Cl)cc3)c(Cl)cc2Cl)o1. The van der Waals surface area contributed by atoms with Gasteiger partial charge in [0.05, 0.1) is 0 Å². The molecule has 1 aromatic heterocycles. The molecule has 3 rings (SSSR count). The van der Waals surface area contributed by atoms with Gasteiger partial charge in [-0.2, -0.15) is 0 Å². The lowest BCUT2D eigenvalue weighted by Gasteiger charge is -2.11. The second-order valence-electron chi connectivity index (χ2n) is 7.35. The molecule has 0 saturated carbocycles. The molecule has 0 aliphatic rings. The maximum Gasteiger partial charge on any atom is 0.221 e. The first-order chi connectivity index (χ1) is 12.7. The Balaban J connectivity index is 1.72. The summed E-state index contributed by atoms with van der Waals surface area (Å²) in [4.78, 5) is 0. The van der Waals surface area contributed by atoms with Gasteiger partial charge in [-0.3, -0.25) is 0 Å². The van der Waals surface area contributed by atoms with Crippen molar-refractivity contribution in [3.05, 3.63) is 75.2 Å². The van der Waals surface area contributed by atoms with Gasteiger partial charge in [-0.15, -0.1) is 10.2 Å². The molecule has 0 atom stereocenters. The molecule has 1 radical (unpaired) electrons. The highest BCUT2D eigenvalue weighted by Crippen LogP contribution is 2.34. The van der Waals surface area contributed by atoms with Crippen LogP contribution in [0.3, 0.4) is 0 Å². The van der Waals surface area contributed by atoms with E-state index in [9.17, 15) is 0 Å². The standard InChI is InChI=1S/C21H20Cl3N2O/c1-21(2,3)20-26-25-19(27-20)6-4-5-14-11-16(18(24)12-17(14)23)13-7-9-15(22)10-8-13/h5,7-12H,4,6H2,1-3H3. The number of rotatable bonds is 5. The van der Waals surface area contributed by atoms with Crippen molar-refractivity contribution in [1.29, 1.82) is 0 Å². The summed E-state index contributed by atoms with van der Waals surface area (Å²) in [5, 5.41) is 10.1. The van der Waals surface area contributed by atoms with Crippen LogP contribution in [0.4, 0.5) is 0 Å². The average molecular weight is 423 g/mol. The van der Waals surface area contributed by atoms with Crippen LogP contribution in [0.25, 0.3) is 11.1 Å². The highest BCUT2D eigenvalue weighted by atomic mass is 35.5. The first-order valence-corrected chi connectivity index (χ1v) is 9.78. The Morgan fingerprint density at radius 3 is 2.30 bits per heavy atom. The van der Waals surface area contributed by atoms with E-state index in [1.165, 1.54) is 0 Å². The molecule has 0 fully saturated rings. The zero-order valence-corrected chi connectivity index (χ0v) is 17.7. The van der Waals surface area contributed by atoms with Crippen LogP contribution < -0.4 is 0 Å². The van der Waals surface area contributed by atoms with Gasteiger partial charge in [-0.05, 0) is 48.2 Å². The summed E-state index contributed by atoms with van der Waals surface area (Å²) in [6.07, 6.45) is 3.44. The third-order valence-electron chi connectivity index (χ3n) is 4.07. The van der Waals surface area contributed by atoms with E-state index in [4.69, 9.17) is 39.2 Å². The predicted octanol–water partition coefficient (Wildman–Crippen LogP) is 7.18. The van der Waals surface area contributed by atoms with Gasteiger partial charge in [0.15, 0.2) is 0 Å². The van der Waals surface area contributed by atoms with Crippen molar-refractivity contribution in [2.24, 2.45) is 0 Å². The van der Waals surface area contributed by atoms with Crippen molar-refractivity contribution in [3.63, 3.8) is 0 Å². The fourth-order valence-corrected chi connectivity index (χ4v) is 3.28. The van der Waals surface area contributed by atoms with Crippen molar-refractivity contribution in [1.82, 2.24) is 10.2 Å². The van der Waals surface area contributed by atoms with Crippen LogP contribution in [-0.2, 0) is 11.8 Å². The molecular weight excluding hydrogens is 403 g/mol. The number of aromatic nitrogens is 2. The molecule has 6 heteroatoms. The van der Waals surface area contributed by atoms with Crippen LogP contribution >= 0.6 is 34.8 Å². The summed E-state index contributed by atoms with van der Waals surface area (Å²) >= 11 is 18.7. The molecule has 27 heavy (non-hydrogen) atoms. The Morgan fingerprint density at radius 1 is 0.963 bits per heavy atom. The maximum atomic E-state index is 6.39. The minimum atomic E-state index is -0.151. The van der Waals surface area contributed by atoms with E-state index in [0.29, 0.717) is 33.3 Å². The van der Waals surface area contributed by atoms with Gasteiger partial charge in [-0.1, -0.05) is 67.7 Å². The minimum absolute atomic E-state index is 0.151. The van der Waals surface area contributed by atoms with E-state index < -0.39 is 0 Å². The van der Waals surface area contributed by atoms with E-state index in [0.717, 1.165) is 23.1 Å². The normalized spacial score (nSPS) is 11.8. The van der Waals surface area contributed by atoms with E-state index in [-0.39, 0.29) is 5.41 Å². The van der Waals surface area contributed by atoms with E-state index in [1.54, 1.807) is 6.07 Å². The van der Waals surface area contributed by atoms with Gasteiger partial charge >= 0.3 is 0 Å². The van der Waals surface area contributed by atoms with E-state index in [2.05, 4.69) is 16.6 Å². The molecule has 0 bridgehead atoms. The van der Waals surface area contributed by atoms with Crippen LogP contribution in [0.5, 0.6) is 0 Å². The summed E-state index contributed by atoms with van der Waals surface area (Å²) in [5.74, 6) is 1.27. The molecule has 0 aliphatic heterocycles. The van der Waals surface area contributed by atoms with Gasteiger partial charge < -0.3 is 4.42 Å². The largest absolute Gasteiger partial charge is 0.425 e. The monoisotopic (exact) mass is 421 g/mol. The van der Waals surface area contributed by atoms with E-state index in [1.807, 2.05) is 51.1 Å². The zero-order valence-electron chi connectivity index (χ0n) is 15.4. The Morgan fingerprint density at radius 2 is 1.67 bits per heavy atom. The summed E-state index contributed by atoms with van der Waals surface area (Å²) in [6.45, 7) is 6.13. The fraction of sp³-hybridized carbons (Fsp3) is 0.286. The Hall–Kier alpha value is -1.55. The van der Waals surface area contributed by atoms with Gasteiger partial charge in [0.25, 0.3) is 0 Å². The average Bonchev–Trinajstić information content (AvgIpc) is 3.07. The second-order valence-corrected chi connectivity index (χ2v) is 8.61. The summed E-state index contributed by atoms with van der Waals surface area (Å²) in [5.41, 5.74) is 2.67. The van der Waals surface area contributed by atoms with Crippen molar-refractivity contribution in [2.45, 2.75) is 39.0 Å². The van der Waals surface area contributed by atoms with Crippen LogP contribution in [0.2, 0.25) is 15.1 Å². The number of hydrogen-bond donors (Lipinski definition) is 0. The number of benzene rings is 2. The number of hydrogen-bond acceptors (Lipinski definition) is 3. The van der Waals surface area contributed by atoms with Crippen LogP contribution in [0, 0.1) is 6.42 Å². The van der Waals surface area contributed by atoms with Crippen molar-refractivity contribution < 1.29 is 4.42 Å². The van der Waals surface area contributed by atoms with Gasteiger partial charge in [0, 0.05) is 32.5 Å². The summed E-state index contributed by atoms with van der Waals surface area (Å²) in [7, 11) is 0. The minimum Gasteiger partial charge on any atom is -0.425 e. The summed E-state index contributed by atoms with van der Waals surface area (Å²) in [6, 6.07) is 11.3. The zero-order chi connectivity index (χ0) is 19.6. The third kappa shape index (κ3) is 5.04. The smallest absolute Gasteiger partial charge is 0.221 e. The molecule has 3 aromatic rings. The number of halogens is 3. The quantitative estimate of drug-likeness (QED) is 0.437.